The van der Waals surface area contributed by atoms with E-state index in [-0.39, 0.29) is 25.0 Å². The van der Waals surface area contributed by atoms with Crippen LogP contribution in [0.5, 0.6) is 0 Å². The van der Waals surface area contributed by atoms with E-state index in [2.05, 4.69) is 6.58 Å². The van der Waals surface area contributed by atoms with Crippen LogP contribution in [-0.4, -0.2) is 74.2 Å². The number of likely N-dealkylation sites (tertiary alicyclic amines) is 1. The number of aliphatic hydroxyl groups is 1. The molecule has 0 aliphatic carbocycles. The van der Waals surface area contributed by atoms with Gasteiger partial charge < -0.3 is 24.7 Å². The highest BCUT2D eigenvalue weighted by molar-refractivity contribution is 5.98. The molecule has 196 valence electrons. The maximum Gasteiger partial charge on any atom is 0.310 e. The highest BCUT2D eigenvalue weighted by Crippen LogP contribution is 2.64. The molecular formula is C28H38N2O6. The Hall–Kier alpha value is -2.71. The molecule has 1 spiro atoms. The van der Waals surface area contributed by atoms with Crippen molar-refractivity contribution in [1.29, 1.82) is 0 Å². The maximum atomic E-state index is 14.4. The maximum absolute atomic E-state index is 14.4. The van der Waals surface area contributed by atoms with Gasteiger partial charge in [0.2, 0.25) is 11.8 Å². The summed E-state index contributed by atoms with van der Waals surface area (Å²) in [5.74, 6) is -3.58. The van der Waals surface area contributed by atoms with E-state index in [1.807, 2.05) is 51.1 Å². The van der Waals surface area contributed by atoms with E-state index in [1.165, 1.54) is 4.90 Å². The van der Waals surface area contributed by atoms with Gasteiger partial charge in [0.1, 0.15) is 17.6 Å². The molecule has 0 saturated carbocycles. The zero-order valence-electron chi connectivity index (χ0n) is 21.4. The SMILES string of the molecule is C=CCN(Cc1ccccc1)C(=O)C1N([C@@H](CO)CC(C)C)C(=O)[C@@H]2[C@H](C(=O)O)[C@]3(CC)CCC12O3. The van der Waals surface area contributed by atoms with Crippen LogP contribution in [0.25, 0.3) is 0 Å². The van der Waals surface area contributed by atoms with Crippen LogP contribution in [0.3, 0.4) is 0 Å². The Labute approximate surface area is 212 Å². The number of aliphatic carboxylic acids is 1. The predicted octanol–water partition coefficient (Wildman–Crippen LogP) is 2.85. The monoisotopic (exact) mass is 498 g/mol. The first-order valence-corrected chi connectivity index (χ1v) is 12.9. The van der Waals surface area contributed by atoms with E-state index in [1.54, 1.807) is 11.0 Å². The lowest BCUT2D eigenvalue weighted by Gasteiger charge is -2.40. The number of carboxylic acid groups (broad SMARTS) is 1. The highest BCUT2D eigenvalue weighted by Gasteiger charge is 2.79. The summed E-state index contributed by atoms with van der Waals surface area (Å²) in [6, 6.07) is 7.96. The Balaban J connectivity index is 1.81. The van der Waals surface area contributed by atoms with E-state index in [9.17, 15) is 24.6 Å². The Morgan fingerprint density at radius 2 is 1.97 bits per heavy atom. The third kappa shape index (κ3) is 4.04. The molecule has 3 aliphatic heterocycles. The van der Waals surface area contributed by atoms with Crippen LogP contribution in [0.4, 0.5) is 0 Å². The first-order valence-electron chi connectivity index (χ1n) is 12.9. The van der Waals surface area contributed by atoms with Gasteiger partial charge >= 0.3 is 5.97 Å². The molecule has 1 aromatic carbocycles. The number of rotatable bonds is 11. The van der Waals surface area contributed by atoms with E-state index in [0.717, 1.165) is 5.56 Å². The predicted molar refractivity (Wildman–Crippen MR) is 134 cm³/mol. The van der Waals surface area contributed by atoms with Crippen LogP contribution in [0.15, 0.2) is 43.0 Å². The number of amides is 2. The number of aliphatic hydroxyl groups excluding tert-OH is 1. The molecule has 3 heterocycles. The third-order valence-electron chi connectivity index (χ3n) is 8.34. The lowest BCUT2D eigenvalue weighted by atomic mass is 9.65. The normalized spacial score (nSPS) is 31.5. The molecule has 4 rings (SSSR count). The number of carbonyl (C=O) groups excluding carboxylic acids is 2. The number of nitrogens with zero attached hydrogens (tertiary/aromatic N) is 2. The number of carbonyl (C=O) groups is 3. The zero-order chi connectivity index (χ0) is 26.3. The number of fused-ring (bicyclic) bond motifs is 1. The molecule has 0 radical (unpaired) electrons. The summed E-state index contributed by atoms with van der Waals surface area (Å²) in [6.45, 7) is 9.96. The van der Waals surface area contributed by atoms with Gasteiger partial charge in [0.25, 0.3) is 0 Å². The summed E-state index contributed by atoms with van der Waals surface area (Å²) >= 11 is 0. The number of hydrogen-bond donors (Lipinski definition) is 2. The largest absolute Gasteiger partial charge is 0.481 e. The van der Waals surface area contributed by atoms with Gasteiger partial charge in [-0.1, -0.05) is 57.2 Å². The summed E-state index contributed by atoms with van der Waals surface area (Å²) in [6.07, 6.45) is 3.50. The summed E-state index contributed by atoms with van der Waals surface area (Å²) in [5, 5.41) is 20.6. The van der Waals surface area contributed by atoms with Crippen LogP contribution in [0, 0.1) is 17.8 Å². The fourth-order valence-corrected chi connectivity index (χ4v) is 6.89. The van der Waals surface area contributed by atoms with Crippen molar-refractivity contribution in [2.75, 3.05) is 13.2 Å². The van der Waals surface area contributed by atoms with Crippen molar-refractivity contribution >= 4 is 17.8 Å². The van der Waals surface area contributed by atoms with Gasteiger partial charge in [-0.15, -0.1) is 6.58 Å². The van der Waals surface area contributed by atoms with Crippen molar-refractivity contribution in [2.24, 2.45) is 17.8 Å². The molecular weight excluding hydrogens is 460 g/mol. The third-order valence-corrected chi connectivity index (χ3v) is 8.34. The quantitative estimate of drug-likeness (QED) is 0.455. The second kappa shape index (κ2) is 9.98. The Kier molecular flexibility index (Phi) is 7.30. The molecule has 2 amide bonds. The smallest absolute Gasteiger partial charge is 0.310 e. The molecule has 0 aromatic heterocycles. The number of hydrogen-bond acceptors (Lipinski definition) is 5. The molecule has 2 unspecified atom stereocenters. The van der Waals surface area contributed by atoms with Gasteiger partial charge in [0.15, 0.2) is 0 Å². The van der Waals surface area contributed by atoms with E-state index in [4.69, 9.17) is 4.74 Å². The van der Waals surface area contributed by atoms with Crippen molar-refractivity contribution in [2.45, 2.75) is 76.3 Å². The molecule has 2 N–H and O–H groups in total. The molecule has 1 aromatic rings. The van der Waals surface area contributed by atoms with Crippen molar-refractivity contribution in [1.82, 2.24) is 9.80 Å². The first-order chi connectivity index (χ1) is 17.2. The molecule has 36 heavy (non-hydrogen) atoms. The number of benzene rings is 1. The fraction of sp³-hybridized carbons (Fsp3) is 0.607. The van der Waals surface area contributed by atoms with E-state index < -0.39 is 47.0 Å². The zero-order valence-corrected chi connectivity index (χ0v) is 21.4. The molecule has 8 nitrogen and oxygen atoms in total. The standard InChI is InChI=1S/C28H38N2O6/c1-5-14-29(16-19-10-8-7-9-11-19)25(33)23-28-13-12-27(6-2,36-28)22(26(34)35)21(28)24(32)30(23)20(17-31)15-18(3)4/h5,7-11,18,20-23,31H,1,6,12-17H2,2-4H3,(H,34,35)/t20-,21+,22-,23?,27+,28?/m1/s1. The lowest BCUT2D eigenvalue weighted by Crippen LogP contribution is -2.59. The highest BCUT2D eigenvalue weighted by atomic mass is 16.5. The van der Waals surface area contributed by atoms with Crippen LogP contribution in [-0.2, 0) is 25.7 Å². The fourth-order valence-electron chi connectivity index (χ4n) is 6.89. The van der Waals surface area contributed by atoms with E-state index >= 15 is 0 Å². The molecule has 2 bridgehead atoms. The molecule has 3 saturated heterocycles. The van der Waals surface area contributed by atoms with Gasteiger partial charge in [0.05, 0.1) is 24.2 Å². The number of ether oxygens (including phenoxy) is 1. The lowest BCUT2D eigenvalue weighted by molar-refractivity contribution is -0.160. The minimum Gasteiger partial charge on any atom is -0.481 e. The summed E-state index contributed by atoms with van der Waals surface area (Å²) in [5.41, 5.74) is -1.26. The van der Waals surface area contributed by atoms with Gasteiger partial charge in [0, 0.05) is 13.1 Å². The molecule has 6 atom stereocenters. The van der Waals surface area contributed by atoms with Crippen LogP contribution in [0.1, 0.15) is 52.0 Å². The minimum atomic E-state index is -1.23. The van der Waals surface area contributed by atoms with Crippen LogP contribution >= 0.6 is 0 Å². The van der Waals surface area contributed by atoms with Gasteiger partial charge in [-0.25, -0.2) is 0 Å². The summed E-state index contributed by atoms with van der Waals surface area (Å²) < 4.78 is 6.61. The first kappa shape index (κ1) is 26.4. The molecule has 3 fully saturated rings. The summed E-state index contributed by atoms with van der Waals surface area (Å²) in [7, 11) is 0. The minimum absolute atomic E-state index is 0.159. The summed E-state index contributed by atoms with van der Waals surface area (Å²) in [4.78, 5) is 44.1. The van der Waals surface area contributed by atoms with Crippen LogP contribution in [0.2, 0.25) is 0 Å². The van der Waals surface area contributed by atoms with Crippen LogP contribution < -0.4 is 0 Å². The van der Waals surface area contributed by atoms with Crippen molar-refractivity contribution in [3.63, 3.8) is 0 Å². The van der Waals surface area contributed by atoms with E-state index in [0.29, 0.717) is 32.2 Å². The van der Waals surface area contributed by atoms with Crippen molar-refractivity contribution < 1.29 is 29.3 Å². The Bertz CT molecular complexity index is 1010. The van der Waals surface area contributed by atoms with Crippen molar-refractivity contribution in [3.8, 4) is 0 Å². The van der Waals surface area contributed by atoms with Gasteiger partial charge in [-0.3, -0.25) is 14.4 Å². The topological polar surface area (TPSA) is 107 Å². The van der Waals surface area contributed by atoms with Crippen molar-refractivity contribution in [3.05, 3.63) is 48.6 Å². The molecule has 3 aliphatic rings. The van der Waals surface area contributed by atoms with Gasteiger partial charge in [-0.2, -0.15) is 0 Å². The Morgan fingerprint density at radius 1 is 1.28 bits per heavy atom. The number of carboxylic acids is 1. The average molecular weight is 499 g/mol. The Morgan fingerprint density at radius 3 is 2.53 bits per heavy atom. The average Bonchev–Trinajstić information content (AvgIpc) is 3.46. The second-order valence-electron chi connectivity index (χ2n) is 10.9. The second-order valence-corrected chi connectivity index (χ2v) is 10.9. The van der Waals surface area contributed by atoms with Gasteiger partial charge in [-0.05, 0) is 37.2 Å². The molecule has 8 heteroatoms.